The van der Waals surface area contributed by atoms with Gasteiger partial charge in [-0.3, -0.25) is 0 Å². The Hall–Kier alpha value is -0.570. The van der Waals surface area contributed by atoms with Crippen molar-refractivity contribution in [2.45, 2.75) is 12.3 Å². The smallest absolute Gasteiger partial charge is 0.0531 e. The molecule has 0 spiro atoms. The average Bonchev–Trinajstić information content (AvgIpc) is 2.18. The average molecular weight is 214 g/mol. The van der Waals surface area contributed by atoms with Crippen molar-refractivity contribution in [3.63, 3.8) is 0 Å². The molecule has 0 aliphatic carbocycles. The van der Waals surface area contributed by atoms with Crippen molar-refractivity contribution < 1.29 is 4.74 Å². The molecule has 78 valence electrons. The summed E-state index contributed by atoms with van der Waals surface area (Å²) in [6, 6.07) is 7.84. The zero-order valence-electron chi connectivity index (χ0n) is 8.37. The molecule has 0 saturated heterocycles. The van der Waals surface area contributed by atoms with Crippen molar-refractivity contribution in [2.75, 3.05) is 20.3 Å². The number of rotatable bonds is 5. The summed E-state index contributed by atoms with van der Waals surface area (Å²) in [5.74, 6) is 0.304. The zero-order valence-corrected chi connectivity index (χ0v) is 9.13. The highest BCUT2D eigenvalue weighted by atomic mass is 35.5. The van der Waals surface area contributed by atoms with Crippen LogP contribution in [0.15, 0.2) is 24.3 Å². The number of ether oxygens (including phenoxy) is 1. The van der Waals surface area contributed by atoms with Crippen LogP contribution in [0.1, 0.15) is 17.9 Å². The highest BCUT2D eigenvalue weighted by molar-refractivity contribution is 6.31. The molecule has 0 fully saturated rings. The molecule has 14 heavy (non-hydrogen) atoms. The van der Waals surface area contributed by atoms with E-state index in [1.54, 1.807) is 7.11 Å². The lowest BCUT2D eigenvalue weighted by Crippen LogP contribution is -2.12. The third kappa shape index (κ3) is 2.98. The summed E-state index contributed by atoms with van der Waals surface area (Å²) < 4.78 is 5.15. The summed E-state index contributed by atoms with van der Waals surface area (Å²) in [5.41, 5.74) is 6.67. The van der Waals surface area contributed by atoms with E-state index in [0.29, 0.717) is 19.1 Å². The number of halogens is 1. The zero-order chi connectivity index (χ0) is 10.4. The van der Waals surface area contributed by atoms with Crippen LogP contribution in [0, 0.1) is 0 Å². The molecule has 1 atom stereocenters. The van der Waals surface area contributed by atoms with Crippen LogP contribution in [0.4, 0.5) is 0 Å². The minimum absolute atomic E-state index is 0.304. The molecule has 0 aliphatic rings. The summed E-state index contributed by atoms with van der Waals surface area (Å²) in [7, 11) is 1.69. The number of hydrogen-bond donors (Lipinski definition) is 1. The Bertz CT molecular complexity index is 272. The summed E-state index contributed by atoms with van der Waals surface area (Å²) in [6.07, 6.45) is 0.900. The molecule has 0 bridgehead atoms. The van der Waals surface area contributed by atoms with E-state index >= 15 is 0 Å². The first kappa shape index (κ1) is 11.5. The topological polar surface area (TPSA) is 35.2 Å². The van der Waals surface area contributed by atoms with Crippen LogP contribution >= 0.6 is 11.6 Å². The Morgan fingerprint density at radius 3 is 2.71 bits per heavy atom. The highest BCUT2D eigenvalue weighted by Crippen LogP contribution is 2.26. The van der Waals surface area contributed by atoms with Crippen LogP contribution in [0.3, 0.4) is 0 Å². The molecule has 2 nitrogen and oxygen atoms in total. The van der Waals surface area contributed by atoms with E-state index in [0.717, 1.165) is 17.0 Å². The quantitative estimate of drug-likeness (QED) is 0.816. The molecule has 0 heterocycles. The Kier molecular flexibility index (Phi) is 4.94. The fourth-order valence-electron chi connectivity index (χ4n) is 1.54. The first-order chi connectivity index (χ1) is 6.79. The first-order valence-electron chi connectivity index (χ1n) is 4.73. The fraction of sp³-hybridized carbons (Fsp3) is 0.455. The van der Waals surface area contributed by atoms with Crippen molar-refractivity contribution in [3.8, 4) is 0 Å². The molecule has 1 aromatic rings. The summed E-state index contributed by atoms with van der Waals surface area (Å²) in [5, 5.41) is 0.794. The molecule has 3 heteroatoms. The van der Waals surface area contributed by atoms with Gasteiger partial charge in [0, 0.05) is 18.1 Å². The fourth-order valence-corrected chi connectivity index (χ4v) is 1.83. The Balaban J connectivity index is 2.81. The largest absolute Gasteiger partial charge is 0.384 e. The van der Waals surface area contributed by atoms with Gasteiger partial charge in [0.15, 0.2) is 0 Å². The van der Waals surface area contributed by atoms with E-state index in [9.17, 15) is 0 Å². The van der Waals surface area contributed by atoms with Gasteiger partial charge in [-0.15, -0.1) is 0 Å². The summed E-state index contributed by atoms with van der Waals surface area (Å²) in [6.45, 7) is 1.32. The molecule has 0 aromatic heterocycles. The van der Waals surface area contributed by atoms with Crippen LogP contribution in [0.5, 0.6) is 0 Å². The summed E-state index contributed by atoms with van der Waals surface area (Å²) >= 11 is 6.09. The molecule has 0 saturated carbocycles. The molecule has 2 N–H and O–H groups in total. The van der Waals surface area contributed by atoms with Crippen LogP contribution in [-0.4, -0.2) is 20.3 Å². The van der Waals surface area contributed by atoms with Crippen molar-refractivity contribution >= 4 is 11.6 Å². The number of nitrogens with two attached hydrogens (primary N) is 1. The Morgan fingerprint density at radius 2 is 2.14 bits per heavy atom. The van der Waals surface area contributed by atoms with Gasteiger partial charge in [0.2, 0.25) is 0 Å². The highest BCUT2D eigenvalue weighted by Gasteiger charge is 2.12. The number of methoxy groups -OCH3 is 1. The summed E-state index contributed by atoms with van der Waals surface area (Å²) in [4.78, 5) is 0. The van der Waals surface area contributed by atoms with Crippen LogP contribution < -0.4 is 5.73 Å². The van der Waals surface area contributed by atoms with Crippen LogP contribution in [0.2, 0.25) is 5.02 Å². The van der Waals surface area contributed by atoms with Gasteiger partial charge in [0.25, 0.3) is 0 Å². The van der Waals surface area contributed by atoms with E-state index in [-0.39, 0.29) is 0 Å². The van der Waals surface area contributed by atoms with Gasteiger partial charge in [-0.05, 0) is 24.6 Å². The van der Waals surface area contributed by atoms with E-state index in [4.69, 9.17) is 22.1 Å². The van der Waals surface area contributed by atoms with Crippen molar-refractivity contribution in [3.05, 3.63) is 34.9 Å². The Labute approximate surface area is 90.0 Å². The number of benzene rings is 1. The third-order valence-electron chi connectivity index (χ3n) is 2.23. The van der Waals surface area contributed by atoms with Gasteiger partial charge in [-0.2, -0.15) is 0 Å². The molecular weight excluding hydrogens is 198 g/mol. The first-order valence-corrected chi connectivity index (χ1v) is 5.10. The molecule has 1 unspecified atom stereocenters. The molecule has 0 radical (unpaired) electrons. The van der Waals surface area contributed by atoms with E-state index < -0.39 is 0 Å². The van der Waals surface area contributed by atoms with Gasteiger partial charge >= 0.3 is 0 Å². The molecule has 1 aromatic carbocycles. The monoisotopic (exact) mass is 213 g/mol. The second-order valence-electron chi connectivity index (χ2n) is 3.25. The number of hydrogen-bond acceptors (Lipinski definition) is 2. The molecule has 0 aliphatic heterocycles. The molecule has 0 amide bonds. The van der Waals surface area contributed by atoms with Gasteiger partial charge in [0.1, 0.15) is 0 Å². The minimum atomic E-state index is 0.304. The third-order valence-corrected chi connectivity index (χ3v) is 2.57. The Morgan fingerprint density at radius 1 is 1.43 bits per heavy atom. The standard InChI is InChI=1S/C11H16ClNO/c1-14-8-9(6-7-13)10-4-2-3-5-11(10)12/h2-5,9H,6-8,13H2,1H3. The second-order valence-corrected chi connectivity index (χ2v) is 3.66. The van der Waals surface area contributed by atoms with Crippen LogP contribution in [-0.2, 0) is 4.74 Å². The maximum Gasteiger partial charge on any atom is 0.0531 e. The van der Waals surface area contributed by atoms with E-state index in [1.807, 2.05) is 24.3 Å². The van der Waals surface area contributed by atoms with Crippen LogP contribution in [0.25, 0.3) is 0 Å². The van der Waals surface area contributed by atoms with Gasteiger partial charge in [-0.1, -0.05) is 29.8 Å². The maximum absolute atomic E-state index is 6.09. The second kappa shape index (κ2) is 6.02. The van der Waals surface area contributed by atoms with Gasteiger partial charge in [0.05, 0.1) is 6.61 Å². The predicted octanol–water partition coefficient (Wildman–Crippen LogP) is 2.42. The van der Waals surface area contributed by atoms with E-state index in [1.165, 1.54) is 0 Å². The normalized spacial score (nSPS) is 12.8. The lowest BCUT2D eigenvalue weighted by atomic mass is 9.96. The minimum Gasteiger partial charge on any atom is -0.384 e. The van der Waals surface area contributed by atoms with E-state index in [2.05, 4.69) is 0 Å². The van der Waals surface area contributed by atoms with Gasteiger partial charge in [-0.25, -0.2) is 0 Å². The lowest BCUT2D eigenvalue weighted by molar-refractivity contribution is 0.176. The SMILES string of the molecule is COCC(CCN)c1ccccc1Cl. The maximum atomic E-state index is 6.09. The van der Waals surface area contributed by atoms with Crippen molar-refractivity contribution in [1.82, 2.24) is 0 Å². The van der Waals surface area contributed by atoms with Crippen molar-refractivity contribution in [1.29, 1.82) is 0 Å². The van der Waals surface area contributed by atoms with Crippen molar-refractivity contribution in [2.24, 2.45) is 5.73 Å². The molecule has 1 rings (SSSR count). The molecular formula is C11H16ClNO. The predicted molar refractivity (Wildman–Crippen MR) is 59.7 cm³/mol. The van der Waals surface area contributed by atoms with Gasteiger partial charge < -0.3 is 10.5 Å². The lowest BCUT2D eigenvalue weighted by Gasteiger charge is -2.16.